The lowest BCUT2D eigenvalue weighted by Crippen LogP contribution is -2.09. The van der Waals surface area contributed by atoms with Gasteiger partial charge in [0.25, 0.3) is 0 Å². The van der Waals surface area contributed by atoms with E-state index in [2.05, 4.69) is 0 Å². The van der Waals surface area contributed by atoms with Crippen molar-refractivity contribution in [3.05, 3.63) is 11.1 Å². The van der Waals surface area contributed by atoms with Crippen LogP contribution in [0.3, 0.4) is 0 Å². The van der Waals surface area contributed by atoms with E-state index >= 15 is 0 Å². The van der Waals surface area contributed by atoms with Crippen LogP contribution in [0.2, 0.25) is 0 Å². The Morgan fingerprint density at radius 1 is 1.14 bits per heavy atom. The fourth-order valence-electron chi connectivity index (χ4n) is 0.783. The molecule has 14 heavy (non-hydrogen) atoms. The SMILES string of the molecule is CCOCCCOC(=O)C(C)=C(C)C. The first-order valence-electron chi connectivity index (χ1n) is 4.98. The Morgan fingerprint density at radius 3 is 2.29 bits per heavy atom. The van der Waals surface area contributed by atoms with Gasteiger partial charge in [-0.25, -0.2) is 4.79 Å². The summed E-state index contributed by atoms with van der Waals surface area (Å²) in [5.74, 6) is -0.221. The van der Waals surface area contributed by atoms with Gasteiger partial charge < -0.3 is 9.47 Å². The Morgan fingerprint density at radius 2 is 1.79 bits per heavy atom. The number of ether oxygens (including phenoxy) is 2. The van der Waals surface area contributed by atoms with Gasteiger partial charge in [0.1, 0.15) is 0 Å². The fraction of sp³-hybridized carbons (Fsp3) is 0.727. The van der Waals surface area contributed by atoms with E-state index in [1.165, 1.54) is 0 Å². The van der Waals surface area contributed by atoms with Crippen LogP contribution < -0.4 is 0 Å². The molecule has 0 atom stereocenters. The molecule has 0 N–H and O–H groups in total. The van der Waals surface area contributed by atoms with Crippen molar-refractivity contribution in [2.45, 2.75) is 34.1 Å². The molecular weight excluding hydrogens is 180 g/mol. The number of esters is 1. The van der Waals surface area contributed by atoms with Gasteiger partial charge in [0.05, 0.1) is 6.61 Å². The van der Waals surface area contributed by atoms with Crippen molar-refractivity contribution >= 4 is 5.97 Å². The van der Waals surface area contributed by atoms with E-state index in [9.17, 15) is 4.79 Å². The minimum Gasteiger partial charge on any atom is -0.462 e. The highest BCUT2D eigenvalue weighted by Gasteiger charge is 2.06. The Hall–Kier alpha value is -0.830. The van der Waals surface area contributed by atoms with Crippen molar-refractivity contribution in [3.8, 4) is 0 Å². The molecule has 3 heteroatoms. The lowest BCUT2D eigenvalue weighted by molar-refractivity contribution is -0.139. The third kappa shape index (κ3) is 5.75. The van der Waals surface area contributed by atoms with Gasteiger partial charge in [0.2, 0.25) is 0 Å². The van der Waals surface area contributed by atoms with E-state index in [4.69, 9.17) is 9.47 Å². The molecule has 0 fully saturated rings. The van der Waals surface area contributed by atoms with Gasteiger partial charge >= 0.3 is 5.97 Å². The minimum absolute atomic E-state index is 0.221. The zero-order valence-electron chi connectivity index (χ0n) is 9.55. The maximum absolute atomic E-state index is 11.3. The molecule has 0 amide bonds. The van der Waals surface area contributed by atoms with Crippen LogP contribution >= 0.6 is 0 Å². The smallest absolute Gasteiger partial charge is 0.333 e. The normalized spacial score (nSPS) is 9.71. The number of carbonyl (C=O) groups excluding carboxylic acids is 1. The summed E-state index contributed by atoms with van der Waals surface area (Å²) in [6, 6.07) is 0. The molecule has 3 nitrogen and oxygen atoms in total. The summed E-state index contributed by atoms with van der Waals surface area (Å²) in [6.07, 6.45) is 0.760. The molecule has 0 aromatic carbocycles. The van der Waals surface area contributed by atoms with E-state index in [0.717, 1.165) is 12.0 Å². The molecule has 82 valence electrons. The van der Waals surface area contributed by atoms with Gasteiger partial charge in [0.15, 0.2) is 0 Å². The van der Waals surface area contributed by atoms with Crippen LogP contribution in [0.4, 0.5) is 0 Å². The molecular formula is C11H20O3. The average Bonchev–Trinajstić information content (AvgIpc) is 2.16. The molecule has 0 bridgehead atoms. The molecule has 0 aromatic rings. The second-order valence-electron chi connectivity index (χ2n) is 3.31. The van der Waals surface area contributed by atoms with Crippen LogP contribution in [0.5, 0.6) is 0 Å². The molecule has 0 aliphatic rings. The second kappa shape index (κ2) is 7.56. The van der Waals surface area contributed by atoms with Crippen LogP contribution in [0.25, 0.3) is 0 Å². The first-order chi connectivity index (χ1) is 6.59. The second-order valence-corrected chi connectivity index (χ2v) is 3.31. The van der Waals surface area contributed by atoms with E-state index < -0.39 is 0 Å². The highest BCUT2D eigenvalue weighted by Crippen LogP contribution is 2.04. The summed E-state index contributed by atoms with van der Waals surface area (Å²) in [5.41, 5.74) is 1.70. The Labute approximate surface area is 86.1 Å². The number of rotatable bonds is 6. The molecule has 0 saturated carbocycles. The summed E-state index contributed by atoms with van der Waals surface area (Å²) < 4.78 is 10.2. The number of hydrogen-bond acceptors (Lipinski definition) is 3. The van der Waals surface area contributed by atoms with Gasteiger partial charge in [-0.05, 0) is 27.7 Å². The van der Waals surface area contributed by atoms with Gasteiger partial charge in [0, 0.05) is 25.2 Å². The topological polar surface area (TPSA) is 35.5 Å². The van der Waals surface area contributed by atoms with Crippen molar-refractivity contribution in [2.75, 3.05) is 19.8 Å². The zero-order chi connectivity index (χ0) is 11.0. The van der Waals surface area contributed by atoms with Gasteiger partial charge in [-0.15, -0.1) is 0 Å². The van der Waals surface area contributed by atoms with E-state index in [1.807, 2.05) is 20.8 Å². The number of allylic oxidation sites excluding steroid dienone is 1. The minimum atomic E-state index is -0.221. The first kappa shape index (κ1) is 13.2. The van der Waals surface area contributed by atoms with Crippen LogP contribution in [0, 0.1) is 0 Å². The van der Waals surface area contributed by atoms with E-state index in [-0.39, 0.29) is 5.97 Å². The molecule has 0 aliphatic heterocycles. The summed E-state index contributed by atoms with van der Waals surface area (Å²) >= 11 is 0. The first-order valence-corrected chi connectivity index (χ1v) is 4.98. The molecule has 0 aliphatic carbocycles. The Balaban J connectivity index is 3.60. The van der Waals surface area contributed by atoms with Gasteiger partial charge in [-0.1, -0.05) is 5.57 Å². The van der Waals surface area contributed by atoms with Gasteiger partial charge in [-0.2, -0.15) is 0 Å². The van der Waals surface area contributed by atoms with Crippen molar-refractivity contribution in [1.29, 1.82) is 0 Å². The molecule has 0 rings (SSSR count). The Kier molecular flexibility index (Phi) is 7.11. The quantitative estimate of drug-likeness (QED) is 0.375. The molecule has 0 unspecified atom stereocenters. The fourth-order valence-corrected chi connectivity index (χ4v) is 0.783. The highest BCUT2D eigenvalue weighted by molar-refractivity contribution is 5.88. The third-order valence-electron chi connectivity index (χ3n) is 1.93. The van der Waals surface area contributed by atoms with E-state index in [0.29, 0.717) is 25.4 Å². The summed E-state index contributed by atoms with van der Waals surface area (Å²) in [5, 5.41) is 0. The van der Waals surface area contributed by atoms with Crippen molar-refractivity contribution in [3.63, 3.8) is 0 Å². The largest absolute Gasteiger partial charge is 0.462 e. The van der Waals surface area contributed by atoms with Crippen molar-refractivity contribution in [1.82, 2.24) is 0 Å². The number of hydrogen-bond donors (Lipinski definition) is 0. The molecule has 0 heterocycles. The van der Waals surface area contributed by atoms with Crippen molar-refractivity contribution in [2.24, 2.45) is 0 Å². The standard InChI is InChI=1S/C11H20O3/c1-5-13-7-6-8-14-11(12)10(4)9(2)3/h5-8H2,1-4H3. The van der Waals surface area contributed by atoms with Crippen LogP contribution in [0.15, 0.2) is 11.1 Å². The lowest BCUT2D eigenvalue weighted by Gasteiger charge is -2.06. The van der Waals surface area contributed by atoms with Gasteiger partial charge in [-0.3, -0.25) is 0 Å². The molecule has 0 saturated heterocycles. The molecule has 0 spiro atoms. The van der Waals surface area contributed by atoms with Crippen LogP contribution in [0.1, 0.15) is 34.1 Å². The lowest BCUT2D eigenvalue weighted by atomic mass is 10.2. The highest BCUT2D eigenvalue weighted by atomic mass is 16.5. The Bertz CT molecular complexity index is 203. The summed E-state index contributed by atoms with van der Waals surface area (Å²) in [4.78, 5) is 11.3. The van der Waals surface area contributed by atoms with Crippen LogP contribution in [-0.2, 0) is 14.3 Å². The maximum atomic E-state index is 11.3. The third-order valence-corrected chi connectivity index (χ3v) is 1.93. The zero-order valence-corrected chi connectivity index (χ0v) is 9.55. The van der Waals surface area contributed by atoms with Crippen LogP contribution in [-0.4, -0.2) is 25.8 Å². The predicted octanol–water partition coefficient (Wildman–Crippen LogP) is 2.31. The average molecular weight is 200 g/mol. The maximum Gasteiger partial charge on any atom is 0.333 e. The molecule has 0 radical (unpaired) electrons. The molecule has 0 aromatic heterocycles. The summed E-state index contributed by atoms with van der Waals surface area (Å²) in [7, 11) is 0. The summed E-state index contributed by atoms with van der Waals surface area (Å²) in [6.45, 7) is 9.31. The van der Waals surface area contributed by atoms with Crippen molar-refractivity contribution < 1.29 is 14.3 Å². The monoisotopic (exact) mass is 200 g/mol. The number of carbonyl (C=O) groups is 1. The van der Waals surface area contributed by atoms with E-state index in [1.54, 1.807) is 6.92 Å². The predicted molar refractivity (Wildman–Crippen MR) is 56.1 cm³/mol.